The molecule has 0 radical (unpaired) electrons. The zero-order chi connectivity index (χ0) is 12.3. The van der Waals surface area contributed by atoms with Crippen LogP contribution in [-0.4, -0.2) is 40.0 Å². The molecule has 92 valence electrons. The number of rotatable bonds is 3. The summed E-state index contributed by atoms with van der Waals surface area (Å²) in [5.74, 6) is 1.03. The molecule has 2 rings (SSSR count). The fourth-order valence-corrected chi connectivity index (χ4v) is 2.32. The molecule has 0 spiro atoms. The summed E-state index contributed by atoms with van der Waals surface area (Å²) in [6.07, 6.45) is 3.68. The molecule has 0 aliphatic carbocycles. The van der Waals surface area contributed by atoms with E-state index in [1.165, 1.54) is 0 Å². The number of aliphatic hydroxyl groups is 1. The van der Waals surface area contributed by atoms with Gasteiger partial charge in [-0.3, -0.25) is 0 Å². The van der Waals surface area contributed by atoms with Crippen LogP contribution in [0.4, 0.5) is 5.82 Å². The van der Waals surface area contributed by atoms with Gasteiger partial charge in [-0.1, -0.05) is 12.2 Å². The zero-order valence-electron chi connectivity index (χ0n) is 9.54. The summed E-state index contributed by atoms with van der Waals surface area (Å²) in [5, 5.41) is 17.2. The van der Waals surface area contributed by atoms with Crippen LogP contribution < -0.4 is 10.6 Å². The van der Waals surface area contributed by atoms with E-state index in [1.807, 2.05) is 0 Å². The molecular formula is C11H16N4OS. The summed E-state index contributed by atoms with van der Waals surface area (Å²) in [4.78, 5) is 2.44. The highest BCUT2D eigenvalue weighted by Crippen LogP contribution is 2.23. The van der Waals surface area contributed by atoms with Gasteiger partial charge in [0.1, 0.15) is 4.99 Å². The maximum Gasteiger partial charge on any atom is 0.161 e. The first kappa shape index (κ1) is 12.2. The number of piperidine rings is 1. The molecule has 0 amide bonds. The van der Waals surface area contributed by atoms with E-state index in [0.29, 0.717) is 10.9 Å². The van der Waals surface area contributed by atoms with Crippen molar-refractivity contribution in [2.75, 3.05) is 24.6 Å². The van der Waals surface area contributed by atoms with Gasteiger partial charge in [0.2, 0.25) is 0 Å². The average Bonchev–Trinajstić information content (AvgIpc) is 2.39. The van der Waals surface area contributed by atoms with Gasteiger partial charge >= 0.3 is 0 Å². The van der Waals surface area contributed by atoms with Gasteiger partial charge in [0.25, 0.3) is 0 Å². The number of nitrogens with zero attached hydrogens (tertiary/aromatic N) is 3. The van der Waals surface area contributed by atoms with Crippen LogP contribution in [0.1, 0.15) is 18.4 Å². The van der Waals surface area contributed by atoms with E-state index in [2.05, 4.69) is 15.1 Å². The number of hydrogen-bond acceptors (Lipinski definition) is 5. The third-order valence-electron chi connectivity index (χ3n) is 3.04. The highest BCUT2D eigenvalue weighted by molar-refractivity contribution is 7.80. The second-order valence-electron chi connectivity index (χ2n) is 4.27. The lowest BCUT2D eigenvalue weighted by Crippen LogP contribution is -2.38. The molecule has 1 aromatic rings. The minimum absolute atomic E-state index is 0.208. The number of thiocarbonyl (C=S) groups is 1. The Balaban J connectivity index is 2.24. The maximum atomic E-state index is 9.22. The second-order valence-corrected chi connectivity index (χ2v) is 4.71. The molecule has 17 heavy (non-hydrogen) atoms. The number of nitrogens with two attached hydrogens (primary N) is 1. The monoisotopic (exact) mass is 252 g/mol. The molecule has 0 bridgehead atoms. The van der Waals surface area contributed by atoms with E-state index in [4.69, 9.17) is 18.0 Å². The molecule has 5 nitrogen and oxygen atoms in total. The summed E-state index contributed by atoms with van der Waals surface area (Å²) in [6, 6.07) is 1.78. The minimum Gasteiger partial charge on any atom is -0.396 e. The predicted octanol–water partition coefficient (Wildman–Crippen LogP) is 0.319. The molecule has 0 saturated carbocycles. The van der Waals surface area contributed by atoms with Crippen molar-refractivity contribution in [2.24, 2.45) is 11.7 Å². The van der Waals surface area contributed by atoms with Crippen molar-refractivity contribution in [3.8, 4) is 0 Å². The van der Waals surface area contributed by atoms with Crippen molar-refractivity contribution in [2.45, 2.75) is 12.8 Å². The van der Waals surface area contributed by atoms with Crippen molar-refractivity contribution >= 4 is 23.0 Å². The minimum atomic E-state index is 0.208. The van der Waals surface area contributed by atoms with Crippen molar-refractivity contribution in [3.05, 3.63) is 17.8 Å². The van der Waals surface area contributed by atoms with Crippen molar-refractivity contribution in [1.29, 1.82) is 0 Å². The average molecular weight is 252 g/mol. The number of aliphatic hydroxyl groups excluding tert-OH is 1. The Labute approximate surface area is 106 Å². The smallest absolute Gasteiger partial charge is 0.161 e. The van der Waals surface area contributed by atoms with Gasteiger partial charge in [-0.2, -0.15) is 5.10 Å². The summed E-state index contributed by atoms with van der Waals surface area (Å²) in [5.41, 5.74) is 6.43. The van der Waals surface area contributed by atoms with Gasteiger partial charge in [-0.25, -0.2) is 0 Å². The number of aromatic nitrogens is 2. The van der Waals surface area contributed by atoms with Gasteiger partial charge in [0.15, 0.2) is 5.82 Å². The fourth-order valence-electron chi connectivity index (χ4n) is 2.16. The lowest BCUT2D eigenvalue weighted by Gasteiger charge is -2.33. The number of hydrogen-bond donors (Lipinski definition) is 2. The van der Waals surface area contributed by atoms with Gasteiger partial charge < -0.3 is 15.7 Å². The molecule has 1 aliphatic heterocycles. The van der Waals surface area contributed by atoms with Gasteiger partial charge in [-0.15, -0.1) is 5.10 Å². The molecule has 1 saturated heterocycles. The molecule has 1 aromatic heterocycles. The fraction of sp³-hybridized carbons (Fsp3) is 0.545. The molecule has 6 heteroatoms. The van der Waals surface area contributed by atoms with Crippen LogP contribution in [0.25, 0.3) is 0 Å². The van der Waals surface area contributed by atoms with Gasteiger partial charge in [0.05, 0.1) is 11.8 Å². The molecule has 1 fully saturated rings. The Morgan fingerprint density at radius 2 is 2.47 bits per heavy atom. The van der Waals surface area contributed by atoms with E-state index in [9.17, 15) is 5.11 Å². The molecule has 3 N–H and O–H groups in total. The third kappa shape index (κ3) is 2.70. The standard InChI is InChI=1S/C11H16N4OS/c12-10(17)9-3-4-13-14-11(9)15-5-1-2-8(6-15)7-16/h3-4,8,16H,1-2,5-7H2,(H2,12,17). The van der Waals surface area contributed by atoms with Crippen molar-refractivity contribution < 1.29 is 5.11 Å². The van der Waals surface area contributed by atoms with Crippen LogP contribution >= 0.6 is 12.2 Å². The van der Waals surface area contributed by atoms with Crippen LogP contribution in [0.15, 0.2) is 12.3 Å². The molecule has 1 aliphatic rings. The van der Waals surface area contributed by atoms with Crippen molar-refractivity contribution in [1.82, 2.24) is 10.2 Å². The lowest BCUT2D eigenvalue weighted by atomic mass is 9.99. The first-order valence-electron chi connectivity index (χ1n) is 5.69. The highest BCUT2D eigenvalue weighted by Gasteiger charge is 2.22. The van der Waals surface area contributed by atoms with Crippen molar-refractivity contribution in [3.63, 3.8) is 0 Å². The molecule has 0 aromatic carbocycles. The Hall–Kier alpha value is -1.27. The summed E-state index contributed by atoms with van der Waals surface area (Å²) < 4.78 is 0. The van der Waals surface area contributed by atoms with E-state index < -0.39 is 0 Å². The highest BCUT2D eigenvalue weighted by atomic mass is 32.1. The van der Waals surface area contributed by atoms with E-state index >= 15 is 0 Å². The Kier molecular flexibility index (Phi) is 3.86. The van der Waals surface area contributed by atoms with E-state index in [1.54, 1.807) is 12.3 Å². The molecule has 1 atom stereocenters. The summed E-state index contributed by atoms with van der Waals surface area (Å²) in [7, 11) is 0. The lowest BCUT2D eigenvalue weighted by molar-refractivity contribution is 0.208. The normalized spacial score (nSPS) is 20.3. The van der Waals surface area contributed by atoms with E-state index in [0.717, 1.165) is 37.3 Å². The van der Waals surface area contributed by atoms with E-state index in [-0.39, 0.29) is 6.61 Å². The SMILES string of the molecule is NC(=S)c1ccnnc1N1CCCC(CO)C1. The quantitative estimate of drug-likeness (QED) is 0.755. The predicted molar refractivity (Wildman–Crippen MR) is 69.9 cm³/mol. The van der Waals surface area contributed by atoms with Crippen LogP contribution in [0.3, 0.4) is 0 Å². The van der Waals surface area contributed by atoms with Crippen LogP contribution in [0.2, 0.25) is 0 Å². The first-order chi connectivity index (χ1) is 8.22. The molecular weight excluding hydrogens is 236 g/mol. The largest absolute Gasteiger partial charge is 0.396 e. The van der Waals surface area contributed by atoms with Crippen LogP contribution in [-0.2, 0) is 0 Å². The van der Waals surface area contributed by atoms with Crippen LogP contribution in [0.5, 0.6) is 0 Å². The van der Waals surface area contributed by atoms with Gasteiger partial charge in [0, 0.05) is 19.7 Å². The van der Waals surface area contributed by atoms with Gasteiger partial charge in [-0.05, 0) is 24.8 Å². The molecule has 1 unspecified atom stereocenters. The Morgan fingerprint density at radius 1 is 1.65 bits per heavy atom. The third-order valence-corrected chi connectivity index (χ3v) is 3.26. The number of anilines is 1. The van der Waals surface area contributed by atoms with Crippen LogP contribution in [0, 0.1) is 5.92 Å². The second kappa shape index (κ2) is 5.37. The Morgan fingerprint density at radius 3 is 3.18 bits per heavy atom. The zero-order valence-corrected chi connectivity index (χ0v) is 10.4. The summed E-state index contributed by atoms with van der Waals surface area (Å²) >= 11 is 5.01. The Bertz CT molecular complexity index is 412. The summed E-state index contributed by atoms with van der Waals surface area (Å²) in [6.45, 7) is 1.90. The first-order valence-corrected chi connectivity index (χ1v) is 6.10. The topological polar surface area (TPSA) is 75.3 Å². The maximum absolute atomic E-state index is 9.22. The molecule has 2 heterocycles.